The van der Waals surface area contributed by atoms with Gasteiger partial charge < -0.3 is 5.32 Å². The monoisotopic (exact) mass is 315 g/mol. The third-order valence-electron chi connectivity index (χ3n) is 3.05. The second-order valence-corrected chi connectivity index (χ2v) is 5.14. The van der Waals surface area contributed by atoms with Crippen molar-refractivity contribution in [3.8, 4) is 0 Å². The van der Waals surface area contributed by atoms with Crippen LogP contribution < -0.4 is 16.2 Å². The molecular weight excluding hydrogens is 298 g/mol. The highest BCUT2D eigenvalue weighted by atomic mass is 32.1. The van der Waals surface area contributed by atoms with Gasteiger partial charge in [0.25, 0.3) is 5.91 Å². The molecule has 6 heteroatoms. The van der Waals surface area contributed by atoms with E-state index in [4.69, 9.17) is 12.2 Å². The minimum absolute atomic E-state index is 0.0760. The summed E-state index contributed by atoms with van der Waals surface area (Å²) >= 11 is 4.95. The first-order chi connectivity index (χ1) is 10.6. The Balaban J connectivity index is 2.00. The molecular formula is C16H17N3O2S. The molecule has 0 bridgehead atoms. The zero-order valence-electron chi connectivity index (χ0n) is 12.2. The summed E-state index contributed by atoms with van der Waals surface area (Å²) < 4.78 is 0. The number of fused-ring (bicyclic) bond motifs is 1. The molecule has 5 nitrogen and oxygen atoms in total. The van der Waals surface area contributed by atoms with Crippen molar-refractivity contribution in [3.05, 3.63) is 48.0 Å². The zero-order valence-corrected chi connectivity index (χ0v) is 13.0. The molecule has 114 valence electrons. The van der Waals surface area contributed by atoms with E-state index in [1.165, 1.54) is 0 Å². The number of hydrogen-bond donors (Lipinski definition) is 3. The molecule has 2 aromatic rings. The van der Waals surface area contributed by atoms with Crippen LogP contribution in [0.3, 0.4) is 0 Å². The van der Waals surface area contributed by atoms with Crippen LogP contribution in [-0.4, -0.2) is 16.9 Å². The molecule has 3 N–H and O–H groups in total. The molecule has 0 unspecified atom stereocenters. The second-order valence-electron chi connectivity index (χ2n) is 4.73. The molecule has 0 radical (unpaired) electrons. The maximum Gasteiger partial charge on any atom is 0.270 e. The van der Waals surface area contributed by atoms with Gasteiger partial charge in [0.15, 0.2) is 5.11 Å². The van der Waals surface area contributed by atoms with Crippen molar-refractivity contribution in [3.63, 3.8) is 0 Å². The van der Waals surface area contributed by atoms with Gasteiger partial charge in [0.2, 0.25) is 5.91 Å². The van der Waals surface area contributed by atoms with Gasteiger partial charge in [-0.3, -0.25) is 20.4 Å². The summed E-state index contributed by atoms with van der Waals surface area (Å²) in [5, 5.41) is 4.40. The van der Waals surface area contributed by atoms with E-state index in [1.807, 2.05) is 43.3 Å². The van der Waals surface area contributed by atoms with Crippen LogP contribution in [0, 0.1) is 0 Å². The number of hydrogen-bond acceptors (Lipinski definition) is 3. The van der Waals surface area contributed by atoms with Gasteiger partial charge in [0.05, 0.1) is 0 Å². The van der Waals surface area contributed by atoms with Crippen molar-refractivity contribution in [2.45, 2.75) is 19.8 Å². The summed E-state index contributed by atoms with van der Waals surface area (Å²) in [7, 11) is 0. The fourth-order valence-electron chi connectivity index (χ4n) is 2.05. The van der Waals surface area contributed by atoms with Gasteiger partial charge in [-0.15, -0.1) is 0 Å². The van der Waals surface area contributed by atoms with E-state index in [9.17, 15) is 9.59 Å². The van der Waals surface area contributed by atoms with Gasteiger partial charge in [0, 0.05) is 12.0 Å². The number of carbonyl (C=O) groups is 2. The molecule has 0 heterocycles. The predicted octanol–water partition coefficient (Wildman–Crippen LogP) is 2.28. The van der Waals surface area contributed by atoms with E-state index in [0.717, 1.165) is 17.2 Å². The standard InChI is InChI=1S/C16H17N3O2S/c1-2-6-14(20)17-16(22)19-18-15(21)13-10-5-8-11-7-3-4-9-12(11)13/h3-5,7-10H,2,6H2,1H3,(H,18,21)(H2,17,19,20,22). The topological polar surface area (TPSA) is 70.2 Å². The highest BCUT2D eigenvalue weighted by Crippen LogP contribution is 2.17. The van der Waals surface area contributed by atoms with Crippen molar-refractivity contribution < 1.29 is 9.59 Å². The van der Waals surface area contributed by atoms with E-state index in [2.05, 4.69) is 16.2 Å². The summed E-state index contributed by atoms with van der Waals surface area (Å²) in [6.07, 6.45) is 1.12. The number of rotatable bonds is 3. The quantitative estimate of drug-likeness (QED) is 0.600. The van der Waals surface area contributed by atoms with E-state index < -0.39 is 0 Å². The normalized spacial score (nSPS) is 10.0. The van der Waals surface area contributed by atoms with E-state index in [-0.39, 0.29) is 16.9 Å². The fourth-order valence-corrected chi connectivity index (χ4v) is 2.22. The first kappa shape index (κ1) is 15.9. The Labute approximate surface area is 134 Å². The highest BCUT2D eigenvalue weighted by Gasteiger charge is 2.10. The summed E-state index contributed by atoms with van der Waals surface area (Å²) in [5.74, 6) is -0.497. The summed E-state index contributed by atoms with van der Waals surface area (Å²) in [6.45, 7) is 1.90. The molecule has 0 aliphatic heterocycles. The molecule has 0 aromatic heterocycles. The van der Waals surface area contributed by atoms with Crippen molar-refractivity contribution in [2.75, 3.05) is 0 Å². The molecule has 0 atom stereocenters. The Morgan fingerprint density at radius 3 is 2.55 bits per heavy atom. The van der Waals surface area contributed by atoms with Crippen LogP contribution in [0.15, 0.2) is 42.5 Å². The van der Waals surface area contributed by atoms with Gasteiger partial charge in [-0.2, -0.15) is 0 Å². The number of nitrogens with one attached hydrogen (secondary N) is 3. The lowest BCUT2D eigenvalue weighted by molar-refractivity contribution is -0.119. The average Bonchev–Trinajstić information content (AvgIpc) is 2.52. The maximum atomic E-state index is 12.2. The van der Waals surface area contributed by atoms with Gasteiger partial charge in [-0.1, -0.05) is 43.3 Å². The van der Waals surface area contributed by atoms with Gasteiger partial charge in [-0.25, -0.2) is 0 Å². The summed E-state index contributed by atoms with van der Waals surface area (Å²) in [6, 6.07) is 13.1. The van der Waals surface area contributed by atoms with Gasteiger partial charge >= 0.3 is 0 Å². The average molecular weight is 315 g/mol. The molecule has 0 fully saturated rings. The molecule has 2 rings (SSSR count). The third kappa shape index (κ3) is 4.02. The molecule has 0 aliphatic carbocycles. The van der Waals surface area contributed by atoms with Crippen molar-refractivity contribution >= 4 is 39.9 Å². The van der Waals surface area contributed by atoms with E-state index in [0.29, 0.717) is 12.0 Å². The minimum atomic E-state index is -0.316. The summed E-state index contributed by atoms with van der Waals surface area (Å²) in [4.78, 5) is 23.6. The number of thiocarbonyl (C=S) groups is 1. The third-order valence-corrected chi connectivity index (χ3v) is 3.26. The van der Waals surface area contributed by atoms with Crippen molar-refractivity contribution in [1.82, 2.24) is 16.2 Å². The smallest absolute Gasteiger partial charge is 0.270 e. The molecule has 2 aromatic carbocycles. The maximum absolute atomic E-state index is 12.2. The Bertz CT molecular complexity index is 710. The lowest BCUT2D eigenvalue weighted by Gasteiger charge is -2.11. The minimum Gasteiger partial charge on any atom is -0.302 e. The lowest BCUT2D eigenvalue weighted by atomic mass is 10.0. The van der Waals surface area contributed by atoms with Gasteiger partial charge in [-0.05, 0) is 35.5 Å². The Morgan fingerprint density at radius 1 is 1.05 bits per heavy atom. The SMILES string of the molecule is CCCC(=O)NC(=S)NNC(=O)c1cccc2ccccc12. The van der Waals surface area contributed by atoms with Crippen LogP contribution >= 0.6 is 12.2 Å². The van der Waals surface area contributed by atoms with E-state index in [1.54, 1.807) is 6.07 Å². The number of hydrazine groups is 1. The Morgan fingerprint density at radius 2 is 1.77 bits per heavy atom. The Hall–Kier alpha value is -2.47. The molecule has 0 saturated carbocycles. The van der Waals surface area contributed by atoms with Gasteiger partial charge in [0.1, 0.15) is 0 Å². The molecule has 0 saturated heterocycles. The molecule has 22 heavy (non-hydrogen) atoms. The highest BCUT2D eigenvalue weighted by molar-refractivity contribution is 7.80. The molecule has 0 spiro atoms. The van der Waals surface area contributed by atoms with Crippen molar-refractivity contribution in [2.24, 2.45) is 0 Å². The lowest BCUT2D eigenvalue weighted by Crippen LogP contribution is -2.48. The zero-order chi connectivity index (χ0) is 15.9. The van der Waals surface area contributed by atoms with Crippen LogP contribution in [0.25, 0.3) is 10.8 Å². The van der Waals surface area contributed by atoms with Crippen LogP contribution in [0.5, 0.6) is 0 Å². The predicted molar refractivity (Wildman–Crippen MR) is 90.2 cm³/mol. The first-order valence-corrected chi connectivity index (χ1v) is 7.40. The van der Waals surface area contributed by atoms with Crippen LogP contribution in [0.4, 0.5) is 0 Å². The van der Waals surface area contributed by atoms with Crippen LogP contribution in [0.1, 0.15) is 30.1 Å². The Kier molecular flexibility index (Phi) is 5.43. The number of amides is 2. The van der Waals surface area contributed by atoms with Crippen LogP contribution in [-0.2, 0) is 4.79 Å². The molecule has 2 amide bonds. The number of carbonyl (C=O) groups excluding carboxylic acids is 2. The second kappa shape index (κ2) is 7.51. The summed E-state index contributed by atoms with van der Waals surface area (Å²) in [5.41, 5.74) is 5.56. The fraction of sp³-hybridized carbons (Fsp3) is 0.188. The van der Waals surface area contributed by atoms with Crippen LogP contribution in [0.2, 0.25) is 0 Å². The first-order valence-electron chi connectivity index (χ1n) is 6.99. The van der Waals surface area contributed by atoms with Crippen molar-refractivity contribution in [1.29, 1.82) is 0 Å². The molecule has 0 aliphatic rings. The largest absolute Gasteiger partial charge is 0.302 e. The van der Waals surface area contributed by atoms with E-state index >= 15 is 0 Å². The number of benzene rings is 2.